The third kappa shape index (κ3) is 7.70. The molecule has 0 bridgehead atoms. The minimum atomic E-state index is -0.871. The number of carbonyl (C=O) groups excluding carboxylic acids is 3. The van der Waals surface area contributed by atoms with Gasteiger partial charge in [-0.25, -0.2) is 0 Å². The number of rotatable bonds is 11. The Hall–Kier alpha value is -3.69. The summed E-state index contributed by atoms with van der Waals surface area (Å²) >= 11 is 0. The van der Waals surface area contributed by atoms with E-state index in [2.05, 4.69) is 16.0 Å². The Labute approximate surface area is 235 Å². The van der Waals surface area contributed by atoms with Crippen molar-refractivity contribution in [2.75, 3.05) is 19.6 Å². The molecule has 4 N–H and O–H groups in total. The first kappa shape index (κ1) is 29.3. The topological polar surface area (TPSA) is 124 Å². The van der Waals surface area contributed by atoms with Crippen molar-refractivity contribution in [3.63, 3.8) is 0 Å². The number of aliphatic hydroxyl groups is 1. The molecule has 9 nitrogen and oxygen atoms in total. The van der Waals surface area contributed by atoms with Gasteiger partial charge >= 0.3 is 0 Å². The molecule has 0 aliphatic carbocycles. The van der Waals surface area contributed by atoms with Crippen LogP contribution in [0.15, 0.2) is 65.3 Å². The van der Waals surface area contributed by atoms with Crippen molar-refractivity contribution in [2.45, 2.75) is 64.8 Å². The zero-order valence-electron chi connectivity index (χ0n) is 23.5. The highest BCUT2D eigenvalue weighted by atomic mass is 16.3. The van der Waals surface area contributed by atoms with Gasteiger partial charge in [0.1, 0.15) is 17.8 Å². The van der Waals surface area contributed by atoms with Crippen molar-refractivity contribution in [3.05, 3.63) is 72.2 Å². The molecule has 2 heterocycles. The van der Waals surface area contributed by atoms with Gasteiger partial charge in [-0.1, -0.05) is 63.2 Å². The number of likely N-dealkylation sites (tertiary alicyclic amines) is 1. The molecule has 3 unspecified atom stereocenters. The van der Waals surface area contributed by atoms with Crippen molar-refractivity contribution < 1.29 is 23.9 Å². The monoisotopic (exact) mass is 548 g/mol. The Morgan fingerprint density at radius 3 is 2.55 bits per heavy atom. The number of furan rings is 1. The van der Waals surface area contributed by atoms with Gasteiger partial charge in [-0.05, 0) is 41.3 Å². The van der Waals surface area contributed by atoms with E-state index in [0.29, 0.717) is 19.5 Å². The van der Waals surface area contributed by atoms with E-state index < -0.39 is 29.5 Å². The van der Waals surface area contributed by atoms with Crippen LogP contribution < -0.4 is 16.0 Å². The van der Waals surface area contributed by atoms with E-state index in [0.717, 1.165) is 28.5 Å². The number of hydrogen-bond donors (Lipinski definition) is 4. The van der Waals surface area contributed by atoms with Gasteiger partial charge < -0.3 is 30.4 Å². The van der Waals surface area contributed by atoms with E-state index in [4.69, 9.17) is 4.42 Å². The molecule has 1 aliphatic heterocycles. The van der Waals surface area contributed by atoms with Crippen LogP contribution in [0.1, 0.15) is 44.9 Å². The van der Waals surface area contributed by atoms with E-state index >= 15 is 0 Å². The molecule has 3 aromatic rings. The van der Waals surface area contributed by atoms with Gasteiger partial charge in [0.15, 0.2) is 0 Å². The van der Waals surface area contributed by atoms with Crippen LogP contribution in [-0.4, -0.2) is 65.5 Å². The average molecular weight is 549 g/mol. The van der Waals surface area contributed by atoms with Gasteiger partial charge in [-0.2, -0.15) is 0 Å². The molecule has 9 heteroatoms. The van der Waals surface area contributed by atoms with Crippen molar-refractivity contribution in [1.82, 2.24) is 20.9 Å². The van der Waals surface area contributed by atoms with Crippen LogP contribution in [0, 0.1) is 5.41 Å². The fourth-order valence-electron chi connectivity index (χ4n) is 4.98. The summed E-state index contributed by atoms with van der Waals surface area (Å²) in [5, 5.41) is 21.3. The second-order valence-corrected chi connectivity index (χ2v) is 11.5. The van der Waals surface area contributed by atoms with Gasteiger partial charge in [-0.15, -0.1) is 0 Å². The third-order valence-corrected chi connectivity index (χ3v) is 7.12. The fourth-order valence-corrected chi connectivity index (χ4v) is 4.98. The second-order valence-electron chi connectivity index (χ2n) is 11.5. The van der Waals surface area contributed by atoms with E-state index in [1.54, 1.807) is 17.2 Å². The molecular weight excluding hydrogens is 508 g/mol. The van der Waals surface area contributed by atoms with Gasteiger partial charge in [0.05, 0.1) is 18.9 Å². The highest BCUT2D eigenvalue weighted by Crippen LogP contribution is 2.26. The molecule has 214 valence electrons. The number of carbonyl (C=O) groups is 3. The standard InChI is InChI=1S/C31H40N4O5/c1-31(2,3)30(39)35-14-6-11-27(35)29(38)34-26(17-21-12-13-22-8-4-5-9-23(22)16-21)28(37)33-19-24(36)18-32-20-25-10-7-15-40-25/h4-5,7-10,12-13,15-16,24,26-27,32,36H,6,11,14,17-20H2,1-3H3,(H,33,37)(H,34,38). The van der Waals surface area contributed by atoms with E-state index in [-0.39, 0.29) is 31.3 Å². The molecular formula is C31H40N4O5. The van der Waals surface area contributed by atoms with E-state index in [1.807, 2.05) is 69.3 Å². The molecule has 1 aliphatic rings. The summed E-state index contributed by atoms with van der Waals surface area (Å²) < 4.78 is 5.27. The Morgan fingerprint density at radius 2 is 1.82 bits per heavy atom. The SMILES string of the molecule is CC(C)(C)C(=O)N1CCCC1C(=O)NC(Cc1ccc2ccccc2c1)C(=O)NCC(O)CNCc1ccco1. The molecule has 3 atom stereocenters. The lowest BCUT2D eigenvalue weighted by atomic mass is 9.94. The molecule has 1 fully saturated rings. The summed E-state index contributed by atoms with van der Waals surface area (Å²) in [5.41, 5.74) is 0.292. The highest BCUT2D eigenvalue weighted by molar-refractivity contribution is 5.93. The Bertz CT molecular complexity index is 1300. The number of fused-ring (bicyclic) bond motifs is 1. The summed E-state index contributed by atoms with van der Waals surface area (Å²) in [4.78, 5) is 41.4. The summed E-state index contributed by atoms with van der Waals surface area (Å²) in [6.45, 7) is 6.78. The van der Waals surface area contributed by atoms with E-state index in [1.165, 1.54) is 0 Å². The van der Waals surface area contributed by atoms with Crippen LogP contribution in [0.5, 0.6) is 0 Å². The number of nitrogens with zero attached hydrogens (tertiary/aromatic N) is 1. The van der Waals surface area contributed by atoms with Crippen LogP contribution in [0.4, 0.5) is 0 Å². The Balaban J connectivity index is 1.42. The van der Waals surface area contributed by atoms with Crippen molar-refractivity contribution >= 4 is 28.5 Å². The van der Waals surface area contributed by atoms with E-state index in [9.17, 15) is 19.5 Å². The second kappa shape index (κ2) is 13.1. The average Bonchev–Trinajstić information content (AvgIpc) is 3.63. The summed E-state index contributed by atoms with van der Waals surface area (Å²) in [5.74, 6) is -0.0545. The number of aliphatic hydroxyl groups excluding tert-OH is 1. The molecule has 40 heavy (non-hydrogen) atoms. The number of amides is 3. The van der Waals surface area contributed by atoms with Crippen molar-refractivity contribution in [3.8, 4) is 0 Å². The molecule has 1 aromatic heterocycles. The first-order chi connectivity index (χ1) is 19.1. The zero-order valence-corrected chi connectivity index (χ0v) is 23.5. The highest BCUT2D eigenvalue weighted by Gasteiger charge is 2.39. The lowest BCUT2D eigenvalue weighted by Gasteiger charge is -2.31. The first-order valence-electron chi connectivity index (χ1n) is 13.9. The lowest BCUT2D eigenvalue weighted by Crippen LogP contribution is -2.55. The van der Waals surface area contributed by atoms with Crippen LogP contribution in [0.25, 0.3) is 10.8 Å². The summed E-state index contributed by atoms with van der Waals surface area (Å²) in [7, 11) is 0. The van der Waals surface area contributed by atoms with Gasteiger partial charge in [0.2, 0.25) is 17.7 Å². The van der Waals surface area contributed by atoms with Crippen LogP contribution in [0.2, 0.25) is 0 Å². The fraction of sp³-hybridized carbons (Fsp3) is 0.452. The number of nitrogens with one attached hydrogen (secondary N) is 3. The van der Waals surface area contributed by atoms with Gasteiger partial charge in [0.25, 0.3) is 0 Å². The van der Waals surface area contributed by atoms with Crippen LogP contribution in [-0.2, 0) is 27.3 Å². The normalized spacial score (nSPS) is 17.0. The first-order valence-corrected chi connectivity index (χ1v) is 13.9. The summed E-state index contributed by atoms with van der Waals surface area (Å²) in [6, 6.07) is 16.1. The smallest absolute Gasteiger partial charge is 0.243 e. The van der Waals surface area contributed by atoms with Crippen LogP contribution >= 0.6 is 0 Å². The largest absolute Gasteiger partial charge is 0.468 e. The van der Waals surface area contributed by atoms with Crippen LogP contribution in [0.3, 0.4) is 0 Å². The molecule has 3 amide bonds. The maximum Gasteiger partial charge on any atom is 0.243 e. The molecule has 0 saturated carbocycles. The minimum absolute atomic E-state index is 0.0200. The minimum Gasteiger partial charge on any atom is -0.468 e. The predicted octanol–water partition coefficient (Wildman–Crippen LogP) is 2.76. The predicted molar refractivity (Wildman–Crippen MR) is 153 cm³/mol. The van der Waals surface area contributed by atoms with Crippen molar-refractivity contribution in [2.24, 2.45) is 5.41 Å². The summed E-state index contributed by atoms with van der Waals surface area (Å²) in [6.07, 6.45) is 2.32. The van der Waals surface area contributed by atoms with Gasteiger partial charge in [-0.3, -0.25) is 14.4 Å². The molecule has 0 radical (unpaired) electrons. The third-order valence-electron chi connectivity index (χ3n) is 7.12. The Kier molecular flexibility index (Phi) is 9.60. The molecule has 2 aromatic carbocycles. The molecule has 4 rings (SSSR count). The lowest BCUT2D eigenvalue weighted by molar-refractivity contribution is -0.145. The zero-order chi connectivity index (χ0) is 28.7. The molecule has 1 saturated heterocycles. The molecule has 0 spiro atoms. The Morgan fingerprint density at radius 1 is 1.05 bits per heavy atom. The quantitative estimate of drug-likeness (QED) is 0.292. The van der Waals surface area contributed by atoms with Crippen molar-refractivity contribution in [1.29, 1.82) is 0 Å². The van der Waals surface area contributed by atoms with Gasteiger partial charge in [0, 0.05) is 31.5 Å². The maximum atomic E-state index is 13.4. The number of hydrogen-bond acceptors (Lipinski definition) is 6. The maximum absolute atomic E-state index is 13.4. The number of benzene rings is 2.